The van der Waals surface area contributed by atoms with Crippen LogP contribution >= 0.6 is 11.3 Å². The number of nitrogens with two attached hydrogens (primary N) is 1. The van der Waals surface area contributed by atoms with Crippen molar-refractivity contribution in [3.05, 3.63) is 24.3 Å². The molecule has 7 heteroatoms. The number of amides is 2. The number of aromatic nitrogens is 1. The van der Waals surface area contributed by atoms with E-state index < -0.39 is 11.9 Å². The zero-order valence-electron chi connectivity index (χ0n) is 13.0. The summed E-state index contributed by atoms with van der Waals surface area (Å²) in [6.45, 7) is 3.20. The van der Waals surface area contributed by atoms with Crippen molar-refractivity contribution >= 4 is 38.5 Å². The number of fused-ring (bicyclic) bond motifs is 1. The monoisotopic (exact) mass is 332 g/mol. The summed E-state index contributed by atoms with van der Waals surface area (Å²) in [6, 6.07) is 7.47. The van der Waals surface area contributed by atoms with Crippen LogP contribution in [0.2, 0.25) is 0 Å². The second-order valence-corrected chi connectivity index (χ2v) is 6.87. The van der Waals surface area contributed by atoms with Crippen molar-refractivity contribution in [2.45, 2.75) is 25.8 Å². The fourth-order valence-electron chi connectivity index (χ4n) is 2.73. The van der Waals surface area contributed by atoms with Gasteiger partial charge in [-0.15, -0.1) is 0 Å². The van der Waals surface area contributed by atoms with Crippen LogP contribution in [0.4, 0.5) is 5.13 Å². The molecule has 2 amide bonds. The Kier molecular flexibility index (Phi) is 4.47. The van der Waals surface area contributed by atoms with Gasteiger partial charge in [0.1, 0.15) is 6.04 Å². The Bertz CT molecular complexity index is 689. The molecule has 1 unspecified atom stereocenters. The second-order valence-electron chi connectivity index (χ2n) is 5.86. The molecule has 3 N–H and O–H groups in total. The van der Waals surface area contributed by atoms with Crippen LogP contribution in [0.25, 0.3) is 10.2 Å². The fourth-order valence-corrected chi connectivity index (χ4v) is 3.75. The summed E-state index contributed by atoms with van der Waals surface area (Å²) in [5, 5.41) is 3.69. The largest absolute Gasteiger partial charge is 0.368 e. The Morgan fingerprint density at radius 3 is 2.70 bits per heavy atom. The maximum Gasteiger partial charge on any atom is 0.239 e. The molecule has 1 atom stereocenters. The number of hydrogen-bond donors (Lipinski definition) is 2. The topological polar surface area (TPSA) is 88.3 Å². The van der Waals surface area contributed by atoms with Gasteiger partial charge in [0.05, 0.1) is 10.2 Å². The van der Waals surface area contributed by atoms with Crippen molar-refractivity contribution in [3.8, 4) is 0 Å². The van der Waals surface area contributed by atoms with E-state index in [1.54, 1.807) is 18.3 Å². The van der Waals surface area contributed by atoms with Gasteiger partial charge in [0.25, 0.3) is 0 Å². The van der Waals surface area contributed by atoms with Crippen LogP contribution in [-0.2, 0) is 9.59 Å². The van der Waals surface area contributed by atoms with Crippen molar-refractivity contribution in [3.63, 3.8) is 0 Å². The predicted molar refractivity (Wildman–Crippen MR) is 91.4 cm³/mol. The summed E-state index contributed by atoms with van der Waals surface area (Å²) in [5.41, 5.74) is 6.20. The van der Waals surface area contributed by atoms with E-state index in [1.165, 1.54) is 4.70 Å². The number of piperidine rings is 1. The van der Waals surface area contributed by atoms with Crippen LogP contribution in [0.3, 0.4) is 0 Å². The Hall–Kier alpha value is -2.15. The zero-order valence-corrected chi connectivity index (χ0v) is 13.8. The second kappa shape index (κ2) is 6.54. The molecule has 0 bridgehead atoms. The van der Waals surface area contributed by atoms with E-state index in [4.69, 9.17) is 5.73 Å². The number of primary amides is 1. The molecule has 0 spiro atoms. The first kappa shape index (κ1) is 15.7. The molecular weight excluding hydrogens is 312 g/mol. The molecule has 1 aromatic heterocycles. The molecule has 1 aliphatic heterocycles. The van der Waals surface area contributed by atoms with Gasteiger partial charge < -0.3 is 16.0 Å². The summed E-state index contributed by atoms with van der Waals surface area (Å²) in [4.78, 5) is 30.1. The summed E-state index contributed by atoms with van der Waals surface area (Å²) in [5.74, 6) is -0.659. The summed E-state index contributed by atoms with van der Waals surface area (Å²) >= 11 is 1.68. The molecule has 122 valence electrons. The quantitative estimate of drug-likeness (QED) is 0.888. The molecule has 1 fully saturated rings. The lowest BCUT2D eigenvalue weighted by atomic mass is 9.96. The number of anilines is 1. The molecule has 0 saturated carbocycles. The van der Waals surface area contributed by atoms with Gasteiger partial charge >= 0.3 is 0 Å². The van der Waals surface area contributed by atoms with E-state index in [9.17, 15) is 9.59 Å². The number of nitrogens with zero attached hydrogens (tertiary/aromatic N) is 2. The number of hydrogen-bond acceptors (Lipinski definition) is 5. The standard InChI is InChI=1S/C16H20N4O2S/c1-10(14(17)21)18-15(22)11-6-8-20(9-7-11)16-19-12-4-2-3-5-13(12)23-16/h2-5,10-11H,6-9H2,1H3,(H2,17,21)(H,18,22). The van der Waals surface area contributed by atoms with Gasteiger partial charge in [-0.25, -0.2) is 4.98 Å². The van der Waals surface area contributed by atoms with Gasteiger partial charge in [0.2, 0.25) is 11.8 Å². The van der Waals surface area contributed by atoms with E-state index in [0.29, 0.717) is 0 Å². The Balaban J connectivity index is 1.59. The molecule has 6 nitrogen and oxygen atoms in total. The van der Waals surface area contributed by atoms with Gasteiger partial charge in [0.15, 0.2) is 5.13 Å². The van der Waals surface area contributed by atoms with E-state index in [-0.39, 0.29) is 11.8 Å². The van der Waals surface area contributed by atoms with Crippen LogP contribution in [0.1, 0.15) is 19.8 Å². The number of para-hydroxylation sites is 1. The molecule has 1 aliphatic rings. The van der Waals surface area contributed by atoms with Crippen LogP contribution in [-0.4, -0.2) is 35.9 Å². The summed E-state index contributed by atoms with van der Waals surface area (Å²) in [7, 11) is 0. The lowest BCUT2D eigenvalue weighted by Gasteiger charge is -2.31. The first-order valence-electron chi connectivity index (χ1n) is 7.75. The Morgan fingerprint density at radius 1 is 1.35 bits per heavy atom. The third kappa shape index (κ3) is 3.44. The van der Waals surface area contributed by atoms with E-state index in [0.717, 1.165) is 36.6 Å². The minimum absolute atomic E-state index is 0.0672. The first-order chi connectivity index (χ1) is 11.0. The minimum atomic E-state index is -0.621. The SMILES string of the molecule is CC(NC(=O)C1CCN(c2nc3ccccc3s2)CC1)C(N)=O. The van der Waals surface area contributed by atoms with Crippen molar-refractivity contribution < 1.29 is 9.59 Å². The van der Waals surface area contributed by atoms with Gasteiger partial charge in [-0.2, -0.15) is 0 Å². The highest BCUT2D eigenvalue weighted by Crippen LogP contribution is 2.31. The lowest BCUT2D eigenvalue weighted by Crippen LogP contribution is -2.47. The number of carbonyl (C=O) groups excluding carboxylic acids is 2. The van der Waals surface area contributed by atoms with Gasteiger partial charge in [0, 0.05) is 19.0 Å². The van der Waals surface area contributed by atoms with Gasteiger partial charge in [-0.3, -0.25) is 9.59 Å². The molecule has 1 aromatic carbocycles. The van der Waals surface area contributed by atoms with Crippen molar-refractivity contribution in [1.82, 2.24) is 10.3 Å². The predicted octanol–water partition coefficient (Wildman–Crippen LogP) is 1.50. The average Bonchev–Trinajstić information content (AvgIpc) is 2.98. The van der Waals surface area contributed by atoms with E-state index in [1.807, 2.05) is 18.2 Å². The highest BCUT2D eigenvalue weighted by Gasteiger charge is 2.27. The molecule has 2 aromatic rings. The third-order valence-corrected chi connectivity index (χ3v) is 5.30. The molecule has 2 heterocycles. The van der Waals surface area contributed by atoms with Crippen LogP contribution < -0.4 is 16.0 Å². The number of carbonyl (C=O) groups is 2. The maximum atomic E-state index is 12.1. The van der Waals surface area contributed by atoms with Crippen molar-refractivity contribution in [2.75, 3.05) is 18.0 Å². The maximum absolute atomic E-state index is 12.1. The van der Waals surface area contributed by atoms with Gasteiger partial charge in [-0.1, -0.05) is 23.5 Å². The summed E-state index contributed by atoms with van der Waals surface area (Å²) in [6.07, 6.45) is 1.51. The fraction of sp³-hybridized carbons (Fsp3) is 0.438. The number of benzene rings is 1. The van der Waals surface area contributed by atoms with Crippen LogP contribution in [0, 0.1) is 5.92 Å². The molecule has 1 saturated heterocycles. The molecule has 3 rings (SSSR count). The summed E-state index contributed by atoms with van der Waals surface area (Å²) < 4.78 is 1.18. The van der Waals surface area contributed by atoms with E-state index >= 15 is 0 Å². The average molecular weight is 332 g/mol. The number of nitrogens with one attached hydrogen (secondary N) is 1. The van der Waals surface area contributed by atoms with Crippen LogP contribution in [0.15, 0.2) is 24.3 Å². The molecule has 0 radical (unpaired) electrons. The molecule has 0 aliphatic carbocycles. The highest BCUT2D eigenvalue weighted by molar-refractivity contribution is 7.22. The molecular formula is C16H20N4O2S. The van der Waals surface area contributed by atoms with Crippen molar-refractivity contribution in [1.29, 1.82) is 0 Å². The van der Waals surface area contributed by atoms with Crippen molar-refractivity contribution in [2.24, 2.45) is 11.7 Å². The van der Waals surface area contributed by atoms with E-state index in [2.05, 4.69) is 21.3 Å². The molecule has 23 heavy (non-hydrogen) atoms. The Morgan fingerprint density at radius 2 is 2.04 bits per heavy atom. The van der Waals surface area contributed by atoms with Gasteiger partial charge in [-0.05, 0) is 31.9 Å². The van der Waals surface area contributed by atoms with Crippen LogP contribution in [0.5, 0.6) is 0 Å². The minimum Gasteiger partial charge on any atom is -0.368 e. The lowest BCUT2D eigenvalue weighted by molar-refractivity contribution is -0.130. The number of thiazole rings is 1. The number of rotatable bonds is 4. The first-order valence-corrected chi connectivity index (χ1v) is 8.56. The Labute approximate surface area is 138 Å². The normalized spacial score (nSPS) is 17.2. The smallest absolute Gasteiger partial charge is 0.239 e. The third-order valence-electron chi connectivity index (χ3n) is 4.20. The zero-order chi connectivity index (χ0) is 16.4. The highest BCUT2D eigenvalue weighted by atomic mass is 32.1.